The van der Waals surface area contributed by atoms with Crippen molar-refractivity contribution in [2.75, 3.05) is 13.1 Å². The maximum absolute atomic E-state index is 5.99. The zero-order chi connectivity index (χ0) is 15.4. The highest BCUT2D eigenvalue weighted by Gasteiger charge is 2.17. The van der Waals surface area contributed by atoms with E-state index in [4.69, 9.17) is 11.6 Å². The maximum Gasteiger partial charge on any atom is 0.191 e. The van der Waals surface area contributed by atoms with Crippen molar-refractivity contribution in [3.05, 3.63) is 35.2 Å². The molecule has 118 valence electrons. The van der Waals surface area contributed by atoms with E-state index < -0.39 is 0 Å². The van der Waals surface area contributed by atoms with Gasteiger partial charge in [0.25, 0.3) is 0 Å². The summed E-state index contributed by atoms with van der Waals surface area (Å²) in [5, 5.41) is 7.41. The fourth-order valence-corrected chi connectivity index (χ4v) is 2.70. The first-order chi connectivity index (χ1) is 10.7. The highest BCUT2D eigenvalue weighted by Crippen LogP contribution is 2.25. The molecule has 2 aromatic rings. The van der Waals surface area contributed by atoms with Crippen LogP contribution >= 0.6 is 11.6 Å². The van der Waals surface area contributed by atoms with Crippen molar-refractivity contribution in [1.29, 1.82) is 0 Å². The lowest BCUT2D eigenvalue weighted by Crippen LogP contribution is -2.41. The molecule has 0 aliphatic heterocycles. The fourth-order valence-electron chi connectivity index (χ4n) is 2.53. The molecule has 2 N–H and O–H groups in total. The fraction of sp³-hybridized carbons (Fsp3) is 0.500. The average molecular weight is 320 g/mol. The largest absolute Gasteiger partial charge is 0.357 e. The van der Waals surface area contributed by atoms with Crippen LogP contribution in [0.5, 0.6) is 0 Å². The van der Waals surface area contributed by atoms with Crippen LogP contribution in [0.4, 0.5) is 0 Å². The van der Waals surface area contributed by atoms with Gasteiger partial charge in [0.15, 0.2) is 5.96 Å². The Bertz CT molecular complexity index is 660. The van der Waals surface area contributed by atoms with Crippen molar-refractivity contribution < 1.29 is 0 Å². The monoisotopic (exact) mass is 319 g/mol. The van der Waals surface area contributed by atoms with Gasteiger partial charge in [0.2, 0.25) is 0 Å². The summed E-state index contributed by atoms with van der Waals surface area (Å²) in [6, 6.07) is 3.76. The molecule has 6 heteroatoms. The molecule has 0 unspecified atom stereocenters. The first kappa shape index (κ1) is 15.2. The quantitative estimate of drug-likeness (QED) is 0.658. The van der Waals surface area contributed by atoms with Gasteiger partial charge >= 0.3 is 0 Å². The minimum atomic E-state index is 0.555. The number of imidazole rings is 1. The van der Waals surface area contributed by atoms with E-state index in [1.807, 2.05) is 28.9 Å². The summed E-state index contributed by atoms with van der Waals surface area (Å²) >= 11 is 5.99. The highest BCUT2D eigenvalue weighted by atomic mass is 35.5. The lowest BCUT2D eigenvalue weighted by Gasteiger charge is -2.26. The Kier molecular flexibility index (Phi) is 4.83. The van der Waals surface area contributed by atoms with Crippen LogP contribution in [-0.2, 0) is 6.54 Å². The van der Waals surface area contributed by atoms with Crippen molar-refractivity contribution in [2.24, 2.45) is 10.9 Å². The number of aliphatic imine (C=N–C) groups is 1. The Hall–Kier alpha value is -1.75. The highest BCUT2D eigenvalue weighted by molar-refractivity contribution is 6.30. The summed E-state index contributed by atoms with van der Waals surface area (Å²) in [4.78, 5) is 9.17. The van der Waals surface area contributed by atoms with E-state index in [0.717, 1.165) is 36.3 Å². The molecule has 0 aromatic carbocycles. The average Bonchev–Trinajstić information content (AvgIpc) is 2.85. The molecule has 0 bridgehead atoms. The molecule has 2 heterocycles. The predicted octanol–water partition coefficient (Wildman–Crippen LogP) is 2.84. The second-order valence-electron chi connectivity index (χ2n) is 5.72. The number of hydrogen-bond donors (Lipinski definition) is 2. The maximum atomic E-state index is 5.99. The van der Waals surface area contributed by atoms with Crippen molar-refractivity contribution in [3.8, 4) is 0 Å². The smallest absolute Gasteiger partial charge is 0.191 e. The molecule has 1 aliphatic carbocycles. The van der Waals surface area contributed by atoms with E-state index in [1.165, 1.54) is 19.3 Å². The molecular weight excluding hydrogens is 298 g/mol. The first-order valence-corrected chi connectivity index (χ1v) is 8.27. The van der Waals surface area contributed by atoms with Crippen LogP contribution < -0.4 is 10.6 Å². The Labute approximate surface area is 135 Å². The van der Waals surface area contributed by atoms with Crippen LogP contribution in [0.1, 0.15) is 31.9 Å². The summed E-state index contributed by atoms with van der Waals surface area (Å²) in [5.74, 6) is 1.67. The van der Waals surface area contributed by atoms with Gasteiger partial charge < -0.3 is 15.0 Å². The number of hydrogen-bond acceptors (Lipinski definition) is 2. The third kappa shape index (κ3) is 3.71. The van der Waals surface area contributed by atoms with E-state index in [9.17, 15) is 0 Å². The number of nitrogens with one attached hydrogen (secondary N) is 2. The molecule has 5 nitrogen and oxygen atoms in total. The Morgan fingerprint density at radius 2 is 2.23 bits per heavy atom. The number of nitrogens with zero attached hydrogens (tertiary/aromatic N) is 3. The molecule has 0 spiro atoms. The van der Waals surface area contributed by atoms with Crippen LogP contribution in [0.15, 0.2) is 29.5 Å². The molecule has 1 aliphatic rings. The second kappa shape index (κ2) is 7.01. The van der Waals surface area contributed by atoms with Crippen LogP contribution in [0.2, 0.25) is 5.02 Å². The van der Waals surface area contributed by atoms with Crippen molar-refractivity contribution in [1.82, 2.24) is 20.0 Å². The van der Waals surface area contributed by atoms with Gasteiger partial charge in [-0.3, -0.25) is 0 Å². The topological polar surface area (TPSA) is 53.7 Å². The van der Waals surface area contributed by atoms with Crippen molar-refractivity contribution >= 4 is 23.2 Å². The van der Waals surface area contributed by atoms with Gasteiger partial charge in [0.05, 0.1) is 17.3 Å². The van der Waals surface area contributed by atoms with Gasteiger partial charge in [0.1, 0.15) is 5.65 Å². The van der Waals surface area contributed by atoms with Crippen molar-refractivity contribution in [2.45, 2.75) is 32.7 Å². The van der Waals surface area contributed by atoms with E-state index in [0.29, 0.717) is 11.6 Å². The van der Waals surface area contributed by atoms with E-state index in [2.05, 4.69) is 27.5 Å². The van der Waals surface area contributed by atoms with Gasteiger partial charge in [-0.15, -0.1) is 0 Å². The van der Waals surface area contributed by atoms with E-state index in [1.54, 1.807) is 0 Å². The van der Waals surface area contributed by atoms with Gasteiger partial charge in [-0.05, 0) is 37.8 Å². The molecule has 0 saturated heterocycles. The standard InChI is InChI=1S/C16H22ClN5/c1-2-18-16(19-8-12-4-3-5-12)20-9-14-11-22-10-13(17)6-7-15(22)21-14/h6-7,10-12H,2-5,8-9H2,1H3,(H2,18,19,20). The van der Waals surface area contributed by atoms with Gasteiger partial charge in [-0.2, -0.15) is 0 Å². The molecule has 3 rings (SSSR count). The molecule has 1 fully saturated rings. The number of fused-ring (bicyclic) bond motifs is 1. The van der Waals surface area contributed by atoms with Crippen LogP contribution in [0, 0.1) is 5.92 Å². The van der Waals surface area contributed by atoms with Crippen LogP contribution in [-0.4, -0.2) is 28.4 Å². The Morgan fingerprint density at radius 1 is 1.36 bits per heavy atom. The van der Waals surface area contributed by atoms with Crippen LogP contribution in [0.25, 0.3) is 5.65 Å². The molecule has 0 amide bonds. The zero-order valence-corrected chi connectivity index (χ0v) is 13.6. The summed E-state index contributed by atoms with van der Waals surface area (Å²) < 4.78 is 1.93. The first-order valence-electron chi connectivity index (χ1n) is 7.90. The Balaban J connectivity index is 1.64. The van der Waals surface area contributed by atoms with Gasteiger partial charge in [-0.1, -0.05) is 18.0 Å². The number of rotatable bonds is 5. The van der Waals surface area contributed by atoms with E-state index in [-0.39, 0.29) is 0 Å². The third-order valence-electron chi connectivity index (χ3n) is 3.99. The van der Waals surface area contributed by atoms with Gasteiger partial charge in [0, 0.05) is 25.5 Å². The summed E-state index contributed by atoms with van der Waals surface area (Å²) in [6.07, 6.45) is 7.86. The summed E-state index contributed by atoms with van der Waals surface area (Å²) in [7, 11) is 0. The molecule has 2 aromatic heterocycles. The number of pyridine rings is 1. The second-order valence-corrected chi connectivity index (χ2v) is 6.15. The normalized spacial score (nSPS) is 15.8. The SMILES string of the molecule is CCNC(=NCc1cn2cc(Cl)ccc2n1)NCC1CCC1. The molecule has 1 saturated carbocycles. The van der Waals surface area contributed by atoms with Crippen molar-refractivity contribution in [3.63, 3.8) is 0 Å². The summed E-state index contributed by atoms with van der Waals surface area (Å²) in [6.45, 7) is 4.50. The number of aromatic nitrogens is 2. The lowest BCUT2D eigenvalue weighted by molar-refractivity contribution is 0.314. The van der Waals surface area contributed by atoms with Crippen LogP contribution in [0.3, 0.4) is 0 Å². The molecule has 22 heavy (non-hydrogen) atoms. The zero-order valence-electron chi connectivity index (χ0n) is 12.8. The minimum absolute atomic E-state index is 0.555. The predicted molar refractivity (Wildman–Crippen MR) is 90.4 cm³/mol. The summed E-state index contributed by atoms with van der Waals surface area (Å²) in [5.41, 5.74) is 1.82. The van der Waals surface area contributed by atoms with E-state index >= 15 is 0 Å². The molecule has 0 atom stereocenters. The molecular formula is C16H22ClN5. The lowest BCUT2D eigenvalue weighted by atomic mass is 9.85. The molecule has 0 radical (unpaired) electrons. The number of guanidine groups is 1. The van der Waals surface area contributed by atoms with Gasteiger partial charge in [-0.25, -0.2) is 9.98 Å². The Morgan fingerprint density at radius 3 is 2.95 bits per heavy atom. The minimum Gasteiger partial charge on any atom is -0.357 e. The third-order valence-corrected chi connectivity index (χ3v) is 4.21. The number of halogens is 1.